The van der Waals surface area contributed by atoms with Gasteiger partial charge in [0.05, 0.1) is 56.6 Å². The summed E-state index contributed by atoms with van der Waals surface area (Å²) in [6.45, 7) is 8.42. The van der Waals surface area contributed by atoms with E-state index in [0.29, 0.717) is 11.3 Å². The Balaban J connectivity index is 1.14. The van der Waals surface area contributed by atoms with Crippen molar-refractivity contribution < 1.29 is 0 Å². The van der Waals surface area contributed by atoms with Crippen LogP contribution in [0.2, 0.25) is 0 Å². The van der Waals surface area contributed by atoms with Crippen molar-refractivity contribution in [3.8, 4) is 34.3 Å². The fourth-order valence-corrected chi connectivity index (χ4v) is 8.80. The van der Waals surface area contributed by atoms with E-state index in [1.165, 1.54) is 32.6 Å². The zero-order valence-corrected chi connectivity index (χ0v) is 29.5. The SMILES string of the molecule is [C-]#[N+]c1cc(-c2ccccc2-n2c3ccccc3c3ccc(-n4c5ccccc5c5ccccc54)cc32)ccc1-n1c2ccccc2c2cccc(C#N)c21. The van der Waals surface area contributed by atoms with Gasteiger partial charge in [-0.1, -0.05) is 115 Å². The molecule has 0 aliphatic heterocycles. The van der Waals surface area contributed by atoms with Crippen LogP contribution in [-0.2, 0) is 0 Å². The van der Waals surface area contributed by atoms with Gasteiger partial charge in [0, 0.05) is 43.6 Å². The second kappa shape index (κ2) is 11.8. The number of nitriles is 1. The summed E-state index contributed by atoms with van der Waals surface area (Å²) >= 11 is 0. The van der Waals surface area contributed by atoms with Crippen LogP contribution in [0.3, 0.4) is 0 Å². The van der Waals surface area contributed by atoms with Gasteiger partial charge in [0.15, 0.2) is 0 Å². The van der Waals surface area contributed by atoms with Crippen molar-refractivity contribution in [2.24, 2.45) is 0 Å². The van der Waals surface area contributed by atoms with Gasteiger partial charge in [0.2, 0.25) is 5.69 Å². The molecule has 0 fully saturated rings. The molecule has 0 N–H and O–H groups in total. The fraction of sp³-hybridized carbons (Fsp3) is 0. The van der Waals surface area contributed by atoms with E-state index in [-0.39, 0.29) is 0 Å². The number of rotatable bonds is 4. The molecule has 0 aliphatic carbocycles. The van der Waals surface area contributed by atoms with Crippen LogP contribution < -0.4 is 0 Å². The molecule has 0 bridgehead atoms. The standard InChI is InChI=1S/C50H29N5/c1-52-42-29-32(25-28-48(42)55-47-24-11-6-18-39(47)41-19-12-13-33(31-51)50(41)55)35-14-2-7-20-43(35)54-46-23-10-5-17-38(46)40-27-26-34(30-49(40)54)53-44-21-8-3-15-36(44)37-16-4-9-22-45(37)53/h2-30H. The first-order valence-corrected chi connectivity index (χ1v) is 18.3. The Kier molecular flexibility index (Phi) is 6.61. The molecular weight excluding hydrogens is 671 g/mol. The molecule has 0 aliphatic rings. The Hall–Kier alpha value is -7.86. The molecule has 0 amide bonds. The van der Waals surface area contributed by atoms with E-state index < -0.39 is 0 Å². The highest BCUT2D eigenvalue weighted by molar-refractivity contribution is 6.13. The maximum absolute atomic E-state index is 10.2. The number of aromatic nitrogens is 3. The highest BCUT2D eigenvalue weighted by Crippen LogP contribution is 2.42. The summed E-state index contributed by atoms with van der Waals surface area (Å²) in [5.74, 6) is 0. The molecule has 55 heavy (non-hydrogen) atoms. The lowest BCUT2D eigenvalue weighted by molar-refractivity contribution is 1.15. The minimum Gasteiger partial charge on any atom is -0.318 e. The average molecular weight is 700 g/mol. The third-order valence-corrected chi connectivity index (χ3v) is 11.1. The van der Waals surface area contributed by atoms with Crippen LogP contribution in [0.25, 0.3) is 98.5 Å². The summed E-state index contributed by atoms with van der Waals surface area (Å²) in [4.78, 5) is 4.10. The minimum atomic E-state index is 0.513. The molecule has 254 valence electrons. The third kappa shape index (κ3) is 4.39. The molecule has 0 spiro atoms. The van der Waals surface area contributed by atoms with E-state index in [9.17, 15) is 5.26 Å². The monoisotopic (exact) mass is 699 g/mol. The highest BCUT2D eigenvalue weighted by Gasteiger charge is 2.21. The number of fused-ring (bicyclic) bond motifs is 9. The van der Waals surface area contributed by atoms with Crippen molar-refractivity contribution in [1.82, 2.24) is 13.7 Å². The third-order valence-electron chi connectivity index (χ3n) is 11.1. The molecular formula is C50H29N5. The van der Waals surface area contributed by atoms with E-state index in [0.717, 1.165) is 61.0 Å². The highest BCUT2D eigenvalue weighted by atomic mass is 15.0. The summed E-state index contributed by atoms with van der Waals surface area (Å²) in [6, 6.07) is 63.6. The number of para-hydroxylation sites is 6. The zero-order valence-electron chi connectivity index (χ0n) is 29.5. The lowest BCUT2D eigenvalue weighted by atomic mass is 10.0. The van der Waals surface area contributed by atoms with Crippen LogP contribution in [0.1, 0.15) is 5.56 Å². The zero-order chi connectivity index (χ0) is 36.6. The van der Waals surface area contributed by atoms with Gasteiger partial charge < -0.3 is 13.7 Å². The predicted octanol–water partition coefficient (Wildman–Crippen LogP) is 13.1. The molecule has 3 heterocycles. The number of nitrogens with zero attached hydrogens (tertiary/aromatic N) is 5. The van der Waals surface area contributed by atoms with Gasteiger partial charge in [-0.2, -0.15) is 5.26 Å². The van der Waals surface area contributed by atoms with Crippen LogP contribution in [0.5, 0.6) is 0 Å². The topological polar surface area (TPSA) is 42.9 Å². The fourth-order valence-electron chi connectivity index (χ4n) is 8.80. The molecule has 11 rings (SSSR count). The van der Waals surface area contributed by atoms with Gasteiger partial charge in [0.1, 0.15) is 6.07 Å². The normalized spacial score (nSPS) is 11.6. The van der Waals surface area contributed by atoms with Gasteiger partial charge in [0.25, 0.3) is 0 Å². The van der Waals surface area contributed by atoms with Crippen LogP contribution in [0.15, 0.2) is 176 Å². The van der Waals surface area contributed by atoms with E-state index in [4.69, 9.17) is 6.57 Å². The Morgan fingerprint density at radius 1 is 0.436 bits per heavy atom. The van der Waals surface area contributed by atoms with E-state index >= 15 is 0 Å². The Bertz CT molecular complexity index is 3420. The molecule has 5 nitrogen and oxygen atoms in total. The Morgan fingerprint density at radius 2 is 0.982 bits per heavy atom. The first-order chi connectivity index (χ1) is 27.2. The molecule has 5 heteroatoms. The minimum absolute atomic E-state index is 0.513. The maximum atomic E-state index is 10.2. The molecule has 0 saturated carbocycles. The molecule has 3 aromatic heterocycles. The van der Waals surface area contributed by atoms with Crippen molar-refractivity contribution >= 4 is 71.1 Å². The molecule has 0 atom stereocenters. The number of hydrogen-bond donors (Lipinski definition) is 0. The lowest BCUT2D eigenvalue weighted by Gasteiger charge is -2.17. The van der Waals surface area contributed by atoms with Gasteiger partial charge in [-0.15, -0.1) is 0 Å². The van der Waals surface area contributed by atoms with E-state index in [1.54, 1.807) is 0 Å². The molecule has 0 unspecified atom stereocenters. The summed E-state index contributed by atoms with van der Waals surface area (Å²) in [7, 11) is 0. The first kappa shape index (κ1) is 30.7. The van der Waals surface area contributed by atoms with Crippen LogP contribution >= 0.6 is 0 Å². The van der Waals surface area contributed by atoms with E-state index in [2.05, 4.69) is 164 Å². The van der Waals surface area contributed by atoms with Crippen molar-refractivity contribution in [2.75, 3.05) is 0 Å². The summed E-state index contributed by atoms with van der Waals surface area (Å²) in [5.41, 5.74) is 12.2. The van der Waals surface area contributed by atoms with E-state index in [1.807, 2.05) is 36.4 Å². The first-order valence-electron chi connectivity index (χ1n) is 18.3. The van der Waals surface area contributed by atoms with Crippen molar-refractivity contribution in [3.63, 3.8) is 0 Å². The second-order valence-corrected chi connectivity index (χ2v) is 13.9. The number of benzene rings is 8. The van der Waals surface area contributed by atoms with Gasteiger partial charge in [-0.25, -0.2) is 4.85 Å². The largest absolute Gasteiger partial charge is 0.318 e. The molecule has 11 aromatic rings. The number of hydrogen-bond acceptors (Lipinski definition) is 1. The summed E-state index contributed by atoms with van der Waals surface area (Å²) in [5, 5.41) is 17.0. The van der Waals surface area contributed by atoms with Crippen LogP contribution in [-0.4, -0.2) is 13.7 Å². The Labute approximate surface area is 316 Å². The summed E-state index contributed by atoms with van der Waals surface area (Å²) in [6.07, 6.45) is 0. The van der Waals surface area contributed by atoms with Crippen molar-refractivity contribution in [1.29, 1.82) is 5.26 Å². The van der Waals surface area contributed by atoms with Crippen molar-refractivity contribution in [2.45, 2.75) is 0 Å². The smallest absolute Gasteiger partial charge is 0.211 e. The van der Waals surface area contributed by atoms with Gasteiger partial charge in [-0.3, -0.25) is 0 Å². The predicted molar refractivity (Wildman–Crippen MR) is 226 cm³/mol. The van der Waals surface area contributed by atoms with Gasteiger partial charge in [-0.05, 0) is 66.2 Å². The average Bonchev–Trinajstić information content (AvgIpc) is 3.89. The molecule has 8 aromatic carbocycles. The quantitative estimate of drug-likeness (QED) is 0.169. The van der Waals surface area contributed by atoms with Gasteiger partial charge >= 0.3 is 0 Å². The van der Waals surface area contributed by atoms with Crippen molar-refractivity contribution in [3.05, 3.63) is 193 Å². The molecule has 0 saturated heterocycles. The summed E-state index contributed by atoms with van der Waals surface area (Å²) < 4.78 is 6.82. The van der Waals surface area contributed by atoms with Crippen LogP contribution in [0, 0.1) is 17.9 Å². The second-order valence-electron chi connectivity index (χ2n) is 13.9. The molecule has 0 radical (unpaired) electrons. The maximum Gasteiger partial charge on any atom is 0.211 e. The Morgan fingerprint density at radius 3 is 1.64 bits per heavy atom. The van der Waals surface area contributed by atoms with Crippen LogP contribution in [0.4, 0.5) is 5.69 Å². The lowest BCUT2D eigenvalue weighted by Crippen LogP contribution is -1.99.